The highest BCUT2D eigenvalue weighted by Crippen LogP contribution is 2.34. The number of sulfonamides is 1. The highest BCUT2D eigenvalue weighted by Gasteiger charge is 2.36. The van der Waals surface area contributed by atoms with E-state index in [1.54, 1.807) is 18.2 Å². The summed E-state index contributed by atoms with van der Waals surface area (Å²) in [6.45, 7) is 0.436. The summed E-state index contributed by atoms with van der Waals surface area (Å²) < 4.78 is 41.1. The molecule has 1 saturated heterocycles. The Labute approximate surface area is 205 Å². The van der Waals surface area contributed by atoms with Gasteiger partial charge in [-0.2, -0.15) is 4.31 Å². The molecule has 184 valence electrons. The zero-order valence-corrected chi connectivity index (χ0v) is 20.3. The standard InChI is InChI=1S/C27H29FN2O4S/c28-22-13-10-21(11-14-22)12-16-24-23(27(31)32)15-17-25(29-24)26-9-4-18-30(26)35(33,34)19-5-8-20-6-2-1-3-7-20/h1-3,6-7,10-11,13-15,17,26H,4-5,8-9,12,16,18-19H2,(H,31,32)/t26-/m1/s1. The number of benzene rings is 2. The monoisotopic (exact) mass is 496 g/mol. The molecule has 0 amide bonds. The Morgan fingerprint density at radius 2 is 1.69 bits per heavy atom. The molecule has 6 nitrogen and oxygen atoms in total. The minimum absolute atomic E-state index is 0.0586. The van der Waals surface area contributed by atoms with Gasteiger partial charge in [-0.1, -0.05) is 42.5 Å². The van der Waals surface area contributed by atoms with Crippen molar-refractivity contribution in [3.05, 3.63) is 101 Å². The molecule has 0 aliphatic carbocycles. The number of hydrogen-bond donors (Lipinski definition) is 1. The third kappa shape index (κ3) is 6.32. The van der Waals surface area contributed by atoms with Gasteiger partial charge in [0.15, 0.2) is 0 Å². The molecule has 1 N–H and O–H groups in total. The zero-order valence-electron chi connectivity index (χ0n) is 19.4. The third-order valence-electron chi connectivity index (χ3n) is 6.40. The second-order valence-electron chi connectivity index (χ2n) is 8.84. The average molecular weight is 497 g/mol. The molecule has 1 aromatic heterocycles. The second-order valence-corrected chi connectivity index (χ2v) is 10.9. The van der Waals surface area contributed by atoms with Crippen LogP contribution in [0.5, 0.6) is 0 Å². The SMILES string of the molecule is O=C(O)c1ccc([C@H]2CCCN2S(=O)(=O)CCCc2ccccc2)nc1CCc1ccc(F)cc1. The topological polar surface area (TPSA) is 87.6 Å². The van der Waals surface area contributed by atoms with Crippen molar-refractivity contribution in [3.8, 4) is 0 Å². The van der Waals surface area contributed by atoms with Crippen molar-refractivity contribution in [1.82, 2.24) is 9.29 Å². The van der Waals surface area contributed by atoms with Crippen LogP contribution in [0.4, 0.5) is 4.39 Å². The van der Waals surface area contributed by atoms with Crippen LogP contribution in [0.25, 0.3) is 0 Å². The lowest BCUT2D eigenvalue weighted by molar-refractivity contribution is 0.0695. The zero-order chi connectivity index (χ0) is 24.8. The maximum absolute atomic E-state index is 13.2. The lowest BCUT2D eigenvalue weighted by atomic mass is 10.0. The van der Waals surface area contributed by atoms with Gasteiger partial charge in [-0.3, -0.25) is 4.98 Å². The summed E-state index contributed by atoms with van der Waals surface area (Å²) in [4.78, 5) is 16.4. The predicted molar refractivity (Wildman–Crippen MR) is 132 cm³/mol. The number of pyridine rings is 1. The first-order valence-electron chi connectivity index (χ1n) is 11.8. The number of nitrogens with zero attached hydrogens (tertiary/aromatic N) is 2. The number of aromatic carboxylic acids is 1. The number of hydrogen-bond acceptors (Lipinski definition) is 4. The van der Waals surface area contributed by atoms with Crippen LogP contribution in [-0.4, -0.2) is 41.1 Å². The Balaban J connectivity index is 1.49. The van der Waals surface area contributed by atoms with Crippen molar-refractivity contribution in [1.29, 1.82) is 0 Å². The number of rotatable bonds is 10. The summed E-state index contributed by atoms with van der Waals surface area (Å²) in [5.41, 5.74) is 3.07. The van der Waals surface area contributed by atoms with Gasteiger partial charge in [0.2, 0.25) is 10.0 Å². The Morgan fingerprint density at radius 3 is 2.40 bits per heavy atom. The number of carbonyl (C=O) groups is 1. The van der Waals surface area contributed by atoms with Crippen LogP contribution in [0, 0.1) is 5.82 Å². The molecule has 8 heteroatoms. The van der Waals surface area contributed by atoms with Gasteiger partial charge in [-0.05, 0) is 73.9 Å². The molecule has 0 unspecified atom stereocenters. The van der Waals surface area contributed by atoms with E-state index in [1.165, 1.54) is 22.5 Å². The fourth-order valence-corrected chi connectivity index (χ4v) is 6.34. The van der Waals surface area contributed by atoms with Gasteiger partial charge in [0, 0.05) is 6.54 Å². The van der Waals surface area contributed by atoms with Gasteiger partial charge in [0.25, 0.3) is 0 Å². The van der Waals surface area contributed by atoms with Crippen LogP contribution in [0.3, 0.4) is 0 Å². The van der Waals surface area contributed by atoms with Gasteiger partial charge < -0.3 is 5.11 Å². The Hall–Kier alpha value is -3.10. The highest BCUT2D eigenvalue weighted by atomic mass is 32.2. The van der Waals surface area contributed by atoms with E-state index >= 15 is 0 Å². The van der Waals surface area contributed by atoms with E-state index < -0.39 is 22.0 Å². The molecular formula is C27H29FN2O4S. The van der Waals surface area contributed by atoms with Gasteiger partial charge in [-0.25, -0.2) is 17.6 Å². The Morgan fingerprint density at radius 1 is 0.971 bits per heavy atom. The summed E-state index contributed by atoms with van der Waals surface area (Å²) in [7, 11) is -3.48. The minimum Gasteiger partial charge on any atom is -0.478 e. The van der Waals surface area contributed by atoms with Gasteiger partial charge in [0.1, 0.15) is 5.82 Å². The molecule has 35 heavy (non-hydrogen) atoms. The first kappa shape index (κ1) is 25.0. The summed E-state index contributed by atoms with van der Waals surface area (Å²) in [5.74, 6) is -1.34. The largest absolute Gasteiger partial charge is 0.478 e. The van der Waals surface area contributed by atoms with Crippen molar-refractivity contribution in [2.75, 3.05) is 12.3 Å². The predicted octanol–water partition coefficient (Wildman–Crippen LogP) is 4.80. The molecule has 4 rings (SSSR count). The van der Waals surface area contributed by atoms with E-state index in [-0.39, 0.29) is 17.1 Å². The molecule has 0 saturated carbocycles. The van der Waals surface area contributed by atoms with Crippen molar-refractivity contribution < 1.29 is 22.7 Å². The van der Waals surface area contributed by atoms with E-state index in [4.69, 9.17) is 0 Å². The van der Waals surface area contributed by atoms with Crippen LogP contribution < -0.4 is 0 Å². The molecule has 0 bridgehead atoms. The lowest BCUT2D eigenvalue weighted by Crippen LogP contribution is -2.33. The molecule has 1 aliphatic rings. The molecule has 2 aromatic carbocycles. The molecule has 0 radical (unpaired) electrons. The van der Waals surface area contributed by atoms with Crippen molar-refractivity contribution in [3.63, 3.8) is 0 Å². The lowest BCUT2D eigenvalue weighted by Gasteiger charge is -2.24. The van der Waals surface area contributed by atoms with Crippen molar-refractivity contribution in [2.45, 2.75) is 44.6 Å². The molecular weight excluding hydrogens is 467 g/mol. The quantitative estimate of drug-likeness (QED) is 0.436. The number of carboxylic acids is 1. The summed E-state index contributed by atoms with van der Waals surface area (Å²) in [6.07, 6.45) is 3.47. The van der Waals surface area contributed by atoms with Crippen LogP contribution in [0.1, 0.15) is 58.2 Å². The van der Waals surface area contributed by atoms with Crippen LogP contribution in [0.15, 0.2) is 66.7 Å². The minimum atomic E-state index is -3.48. The summed E-state index contributed by atoms with van der Waals surface area (Å²) >= 11 is 0. The first-order chi connectivity index (χ1) is 16.8. The fourth-order valence-electron chi connectivity index (χ4n) is 4.59. The number of aryl methyl sites for hydroxylation is 3. The molecule has 2 heterocycles. The third-order valence-corrected chi connectivity index (χ3v) is 8.36. The van der Waals surface area contributed by atoms with E-state index in [1.807, 2.05) is 30.3 Å². The normalized spacial score (nSPS) is 16.4. The average Bonchev–Trinajstić information content (AvgIpc) is 3.35. The number of carboxylic acid groups (broad SMARTS) is 1. The van der Waals surface area contributed by atoms with Crippen LogP contribution >= 0.6 is 0 Å². The van der Waals surface area contributed by atoms with E-state index in [2.05, 4.69) is 4.98 Å². The molecule has 1 atom stereocenters. The van der Waals surface area contributed by atoms with Gasteiger partial charge >= 0.3 is 5.97 Å². The Kier molecular flexibility index (Phi) is 7.93. The maximum atomic E-state index is 13.2. The Bertz CT molecular complexity index is 1260. The van der Waals surface area contributed by atoms with Crippen molar-refractivity contribution in [2.24, 2.45) is 0 Å². The second kappa shape index (κ2) is 11.1. The van der Waals surface area contributed by atoms with E-state index in [9.17, 15) is 22.7 Å². The van der Waals surface area contributed by atoms with Gasteiger partial charge in [0.05, 0.1) is 28.7 Å². The number of aromatic nitrogens is 1. The molecule has 1 aliphatic heterocycles. The molecule has 0 spiro atoms. The highest BCUT2D eigenvalue weighted by molar-refractivity contribution is 7.89. The van der Waals surface area contributed by atoms with Crippen molar-refractivity contribution >= 4 is 16.0 Å². The smallest absolute Gasteiger partial charge is 0.337 e. The van der Waals surface area contributed by atoms with Crippen LogP contribution in [0.2, 0.25) is 0 Å². The van der Waals surface area contributed by atoms with Crippen LogP contribution in [-0.2, 0) is 29.3 Å². The van der Waals surface area contributed by atoms with E-state index in [0.717, 1.165) is 17.5 Å². The first-order valence-corrected chi connectivity index (χ1v) is 13.5. The van der Waals surface area contributed by atoms with Gasteiger partial charge in [-0.15, -0.1) is 0 Å². The number of halogens is 1. The fraction of sp³-hybridized carbons (Fsp3) is 0.333. The summed E-state index contributed by atoms with van der Waals surface area (Å²) in [5, 5.41) is 9.63. The van der Waals surface area contributed by atoms with E-state index in [0.29, 0.717) is 50.0 Å². The summed E-state index contributed by atoms with van der Waals surface area (Å²) in [6, 6.07) is 18.6. The molecule has 1 fully saturated rings. The molecule has 3 aromatic rings. The maximum Gasteiger partial charge on any atom is 0.337 e.